The molecule has 0 aliphatic heterocycles. The molecule has 156 valence electrons. The van der Waals surface area contributed by atoms with Gasteiger partial charge in [-0.25, -0.2) is 13.4 Å². The molecule has 9 heteroatoms. The number of benzene rings is 2. The van der Waals surface area contributed by atoms with Gasteiger partial charge < -0.3 is 0 Å². The van der Waals surface area contributed by atoms with Gasteiger partial charge in [0, 0.05) is 23.5 Å². The molecule has 3 rings (SSSR count). The summed E-state index contributed by atoms with van der Waals surface area (Å²) < 4.78 is 27.8. The van der Waals surface area contributed by atoms with Crippen molar-refractivity contribution in [2.45, 2.75) is 9.79 Å². The summed E-state index contributed by atoms with van der Waals surface area (Å²) in [6.07, 6.45) is 5.04. The van der Waals surface area contributed by atoms with E-state index in [0.717, 1.165) is 15.1 Å². The van der Waals surface area contributed by atoms with Gasteiger partial charge >= 0.3 is 0 Å². The first-order chi connectivity index (χ1) is 14.4. The normalized spacial score (nSPS) is 11.5. The van der Waals surface area contributed by atoms with Crippen LogP contribution >= 0.6 is 23.1 Å². The number of nitrogens with one attached hydrogen (secondary N) is 1. The zero-order valence-corrected chi connectivity index (χ0v) is 18.8. The fraction of sp³-hybridized carbons (Fsp3) is 0.143. The van der Waals surface area contributed by atoms with Crippen LogP contribution in [0.1, 0.15) is 10.4 Å². The lowest BCUT2D eigenvalue weighted by molar-refractivity contribution is 0.102. The van der Waals surface area contributed by atoms with Crippen molar-refractivity contribution in [2.75, 3.05) is 24.7 Å². The number of aromatic nitrogens is 1. The summed E-state index contributed by atoms with van der Waals surface area (Å²) in [6.45, 7) is 7.53. The molecule has 0 fully saturated rings. The maximum atomic E-state index is 12.8. The van der Waals surface area contributed by atoms with E-state index in [0.29, 0.717) is 10.7 Å². The molecule has 0 saturated carbocycles. The quantitative estimate of drug-likeness (QED) is 0.373. The maximum Gasteiger partial charge on any atom is 0.257 e. The molecule has 1 amide bonds. The third-order valence-corrected chi connectivity index (χ3v) is 7.74. The van der Waals surface area contributed by atoms with Crippen LogP contribution in [0.15, 0.2) is 77.6 Å². The number of sulfonamides is 1. The van der Waals surface area contributed by atoms with Crippen molar-refractivity contribution in [3.63, 3.8) is 0 Å². The summed E-state index contributed by atoms with van der Waals surface area (Å²) in [7, 11) is -3.70. The minimum Gasteiger partial charge on any atom is -0.298 e. The minimum absolute atomic E-state index is 0.104. The van der Waals surface area contributed by atoms with Crippen LogP contribution in [-0.2, 0) is 10.0 Å². The highest BCUT2D eigenvalue weighted by molar-refractivity contribution is 7.98. The first-order valence-electron chi connectivity index (χ1n) is 8.97. The Hall–Kier alpha value is -2.46. The van der Waals surface area contributed by atoms with Crippen LogP contribution in [0.25, 0.3) is 10.2 Å². The largest absolute Gasteiger partial charge is 0.298 e. The zero-order valence-electron chi connectivity index (χ0n) is 16.4. The highest BCUT2D eigenvalue weighted by Crippen LogP contribution is 2.29. The predicted molar refractivity (Wildman–Crippen MR) is 125 cm³/mol. The molecule has 0 aliphatic rings. The molecule has 6 nitrogen and oxygen atoms in total. The van der Waals surface area contributed by atoms with Gasteiger partial charge in [-0.05, 0) is 48.7 Å². The molecule has 3 aromatic rings. The molecule has 1 heterocycles. The number of hydrogen-bond donors (Lipinski definition) is 1. The van der Waals surface area contributed by atoms with Gasteiger partial charge in [-0.2, -0.15) is 4.31 Å². The van der Waals surface area contributed by atoms with Crippen molar-refractivity contribution in [3.05, 3.63) is 73.3 Å². The third kappa shape index (κ3) is 4.81. The van der Waals surface area contributed by atoms with Crippen molar-refractivity contribution in [3.8, 4) is 0 Å². The van der Waals surface area contributed by atoms with Crippen LogP contribution in [0.2, 0.25) is 0 Å². The van der Waals surface area contributed by atoms with Crippen LogP contribution in [0, 0.1) is 0 Å². The fourth-order valence-electron chi connectivity index (χ4n) is 2.74. The van der Waals surface area contributed by atoms with Crippen LogP contribution in [-0.4, -0.2) is 43.0 Å². The van der Waals surface area contributed by atoms with Crippen molar-refractivity contribution in [1.29, 1.82) is 0 Å². The van der Waals surface area contributed by atoms with Crippen molar-refractivity contribution in [2.24, 2.45) is 0 Å². The molecule has 0 bridgehead atoms. The Balaban J connectivity index is 1.78. The van der Waals surface area contributed by atoms with Gasteiger partial charge in [0.05, 0.1) is 15.1 Å². The lowest BCUT2D eigenvalue weighted by atomic mass is 10.2. The number of carbonyl (C=O) groups excluding carboxylic acids is 1. The first-order valence-corrected chi connectivity index (χ1v) is 12.4. The Kier molecular flexibility index (Phi) is 7.09. The van der Waals surface area contributed by atoms with E-state index < -0.39 is 10.0 Å². The van der Waals surface area contributed by atoms with Gasteiger partial charge in [0.15, 0.2) is 5.13 Å². The number of thioether (sulfide) groups is 1. The van der Waals surface area contributed by atoms with Gasteiger partial charge in [0.25, 0.3) is 5.91 Å². The molecule has 1 N–H and O–H groups in total. The van der Waals surface area contributed by atoms with E-state index in [2.05, 4.69) is 23.5 Å². The SMILES string of the molecule is C=CCN(CC=C)S(=O)(=O)c1ccc(C(=O)Nc2nc3ccc(SC)cc3s2)cc1. The summed E-state index contributed by atoms with van der Waals surface area (Å²) in [5.74, 6) is -0.350. The number of fused-ring (bicyclic) bond motifs is 1. The highest BCUT2D eigenvalue weighted by atomic mass is 32.2. The average molecular weight is 460 g/mol. The summed E-state index contributed by atoms with van der Waals surface area (Å²) in [6, 6.07) is 11.8. The first kappa shape index (κ1) is 22.2. The van der Waals surface area contributed by atoms with E-state index in [1.165, 1.54) is 52.1 Å². The fourth-order valence-corrected chi connectivity index (χ4v) is 5.54. The Bertz CT molecular complexity index is 1180. The van der Waals surface area contributed by atoms with Gasteiger partial charge in [0.1, 0.15) is 0 Å². The monoisotopic (exact) mass is 459 g/mol. The molecule has 0 aliphatic carbocycles. The molecule has 30 heavy (non-hydrogen) atoms. The predicted octanol–water partition coefficient (Wildman–Crippen LogP) is 4.63. The number of hydrogen-bond acceptors (Lipinski definition) is 6. The average Bonchev–Trinajstić information content (AvgIpc) is 3.14. The van der Waals surface area contributed by atoms with Crippen molar-refractivity contribution < 1.29 is 13.2 Å². The second-order valence-electron chi connectivity index (χ2n) is 6.23. The maximum absolute atomic E-state index is 12.8. The molecule has 0 radical (unpaired) electrons. The number of thiazole rings is 1. The van der Waals surface area contributed by atoms with E-state index in [-0.39, 0.29) is 23.9 Å². The number of rotatable bonds is 9. The van der Waals surface area contributed by atoms with Gasteiger partial charge in [0.2, 0.25) is 10.0 Å². The number of amides is 1. The van der Waals surface area contributed by atoms with E-state index >= 15 is 0 Å². The standard InChI is InChI=1S/C21H21N3O3S3/c1-4-12-24(13-5-2)30(26,27)17-9-6-15(7-10-17)20(25)23-21-22-18-11-8-16(28-3)14-19(18)29-21/h4-11,14H,1-2,12-13H2,3H3,(H,22,23,25). The number of nitrogens with zero attached hydrogens (tertiary/aromatic N) is 2. The third-order valence-electron chi connectivity index (χ3n) is 4.24. The van der Waals surface area contributed by atoms with Gasteiger partial charge in [-0.1, -0.05) is 23.5 Å². The summed E-state index contributed by atoms with van der Waals surface area (Å²) in [5.41, 5.74) is 1.16. The topological polar surface area (TPSA) is 79.4 Å². The molecule has 2 aromatic carbocycles. The molecule has 1 aromatic heterocycles. The minimum atomic E-state index is -3.70. The van der Waals surface area contributed by atoms with Crippen molar-refractivity contribution >= 4 is 54.4 Å². The number of anilines is 1. The summed E-state index contributed by atoms with van der Waals surface area (Å²) in [4.78, 5) is 18.2. The van der Waals surface area contributed by atoms with Crippen LogP contribution in [0.4, 0.5) is 5.13 Å². The Morgan fingerprint density at radius 1 is 1.17 bits per heavy atom. The molecule has 0 atom stereocenters. The molecular formula is C21H21N3O3S3. The summed E-state index contributed by atoms with van der Waals surface area (Å²) >= 11 is 3.04. The van der Waals surface area contributed by atoms with Crippen LogP contribution < -0.4 is 5.32 Å². The van der Waals surface area contributed by atoms with E-state index in [4.69, 9.17) is 0 Å². The lowest BCUT2D eigenvalue weighted by Gasteiger charge is -2.19. The van der Waals surface area contributed by atoms with E-state index in [1.54, 1.807) is 11.8 Å². The molecule has 0 unspecified atom stereocenters. The second-order valence-corrected chi connectivity index (χ2v) is 10.1. The van der Waals surface area contributed by atoms with Crippen molar-refractivity contribution in [1.82, 2.24) is 9.29 Å². The van der Waals surface area contributed by atoms with Crippen LogP contribution in [0.5, 0.6) is 0 Å². The highest BCUT2D eigenvalue weighted by Gasteiger charge is 2.22. The molecule has 0 spiro atoms. The number of carbonyl (C=O) groups is 1. The molecular weight excluding hydrogens is 438 g/mol. The lowest BCUT2D eigenvalue weighted by Crippen LogP contribution is -2.31. The second kappa shape index (κ2) is 9.57. The Labute approximate surface area is 184 Å². The molecule has 0 saturated heterocycles. The van der Waals surface area contributed by atoms with E-state index in [1.807, 2.05) is 24.5 Å². The summed E-state index contributed by atoms with van der Waals surface area (Å²) in [5, 5.41) is 3.28. The van der Waals surface area contributed by atoms with Gasteiger partial charge in [-0.3, -0.25) is 10.1 Å². The zero-order chi connectivity index (χ0) is 21.7. The Morgan fingerprint density at radius 3 is 2.43 bits per heavy atom. The smallest absolute Gasteiger partial charge is 0.257 e. The van der Waals surface area contributed by atoms with Crippen LogP contribution in [0.3, 0.4) is 0 Å². The van der Waals surface area contributed by atoms with E-state index in [9.17, 15) is 13.2 Å². The Morgan fingerprint density at radius 2 is 1.83 bits per heavy atom. The van der Waals surface area contributed by atoms with Gasteiger partial charge in [-0.15, -0.1) is 24.9 Å².